The van der Waals surface area contributed by atoms with Gasteiger partial charge in [0.25, 0.3) is 5.69 Å². The molecule has 0 bridgehead atoms. The number of methoxy groups -OCH3 is 1. The molecule has 1 N–H and O–H groups in total. The number of phenols is 1. The molecule has 0 radical (unpaired) electrons. The van der Waals surface area contributed by atoms with Crippen LogP contribution in [0.5, 0.6) is 17.2 Å². The Hall–Kier alpha value is -4.39. The minimum Gasteiger partial charge on any atom is -0.507 e. The first-order valence-corrected chi connectivity index (χ1v) is 10.6. The van der Waals surface area contributed by atoms with E-state index in [2.05, 4.69) is 0 Å². The van der Waals surface area contributed by atoms with Gasteiger partial charge in [-0.1, -0.05) is 0 Å². The Bertz CT molecular complexity index is 1120. The molecule has 0 aromatic heterocycles. The number of ether oxygens (including phenoxy) is 6. The average molecular weight is 505 g/mol. The molecule has 1 aliphatic heterocycles. The highest BCUT2D eigenvalue weighted by atomic mass is 16.7. The smallest absolute Gasteiger partial charge is 0.507 e. The zero-order chi connectivity index (χ0) is 26.2. The Labute approximate surface area is 204 Å². The molecular formula is C23H23NO12. The molecule has 13 nitrogen and oxygen atoms in total. The average Bonchev–Trinajstić information content (AvgIpc) is 2.82. The number of carbonyl (C=O) groups is 3. The predicted octanol–water partition coefficient (Wildman–Crippen LogP) is 3.00. The number of nitrogens with zero attached hydrogens (tertiary/aromatic N) is 1. The first-order chi connectivity index (χ1) is 17.1. The number of hydrogen-bond acceptors (Lipinski definition) is 12. The van der Waals surface area contributed by atoms with Gasteiger partial charge < -0.3 is 33.5 Å². The van der Waals surface area contributed by atoms with E-state index in [9.17, 15) is 29.6 Å². The Morgan fingerprint density at radius 2 is 1.81 bits per heavy atom. The van der Waals surface area contributed by atoms with Crippen molar-refractivity contribution < 1.29 is 52.8 Å². The number of carbonyl (C=O) groups excluding carboxylic acids is 3. The van der Waals surface area contributed by atoms with Crippen LogP contribution in [0.4, 0.5) is 10.5 Å². The zero-order valence-electron chi connectivity index (χ0n) is 19.3. The third kappa shape index (κ3) is 7.30. The van der Waals surface area contributed by atoms with Crippen molar-refractivity contribution in [2.45, 2.75) is 44.9 Å². The van der Waals surface area contributed by atoms with Crippen LogP contribution in [0.15, 0.2) is 42.5 Å². The summed E-state index contributed by atoms with van der Waals surface area (Å²) in [7, 11) is 1.21. The number of benzene rings is 2. The maximum Gasteiger partial charge on any atom is 0.514 e. The Morgan fingerprint density at radius 1 is 1.11 bits per heavy atom. The van der Waals surface area contributed by atoms with E-state index in [1.165, 1.54) is 56.5 Å². The second kappa shape index (κ2) is 11.8. The Kier molecular flexibility index (Phi) is 8.62. The van der Waals surface area contributed by atoms with Gasteiger partial charge in [-0.15, -0.1) is 0 Å². The third-order valence-corrected chi connectivity index (χ3v) is 4.96. The lowest BCUT2D eigenvalue weighted by Gasteiger charge is -2.33. The van der Waals surface area contributed by atoms with Crippen LogP contribution >= 0.6 is 0 Å². The number of hydrogen-bond donors (Lipinski definition) is 1. The Balaban J connectivity index is 1.56. The fourth-order valence-corrected chi connectivity index (χ4v) is 3.32. The number of non-ortho nitro benzene ring substituents is 1. The van der Waals surface area contributed by atoms with Crippen molar-refractivity contribution in [3.8, 4) is 17.2 Å². The molecule has 192 valence electrons. The number of nitro benzene ring substituents is 1. The molecule has 0 spiro atoms. The lowest BCUT2D eigenvalue weighted by Crippen LogP contribution is -2.44. The molecule has 3 atom stereocenters. The molecule has 1 fully saturated rings. The molecule has 1 saturated heterocycles. The first-order valence-electron chi connectivity index (χ1n) is 10.6. The monoisotopic (exact) mass is 505 g/mol. The number of phenolic OH excluding ortho intramolecular Hbond substituents is 1. The van der Waals surface area contributed by atoms with E-state index >= 15 is 0 Å². The van der Waals surface area contributed by atoms with Crippen LogP contribution < -0.4 is 9.47 Å². The summed E-state index contributed by atoms with van der Waals surface area (Å²) in [5.41, 5.74) is 0.0714. The second-order valence-corrected chi connectivity index (χ2v) is 7.58. The van der Waals surface area contributed by atoms with Crippen LogP contribution in [-0.4, -0.2) is 53.7 Å². The van der Waals surface area contributed by atoms with E-state index in [1.807, 2.05) is 0 Å². The molecule has 0 unspecified atom stereocenters. The highest BCUT2D eigenvalue weighted by Crippen LogP contribution is 2.29. The van der Waals surface area contributed by atoms with Gasteiger partial charge in [-0.3, -0.25) is 14.9 Å². The summed E-state index contributed by atoms with van der Waals surface area (Å²) in [5.74, 6) is -1.19. The molecule has 3 rings (SSSR count). The van der Waals surface area contributed by atoms with Gasteiger partial charge in [-0.05, 0) is 24.3 Å². The van der Waals surface area contributed by atoms with Crippen molar-refractivity contribution >= 4 is 23.8 Å². The lowest BCUT2D eigenvalue weighted by atomic mass is 10.0. The normalized spacial score (nSPS) is 19.0. The van der Waals surface area contributed by atoms with Crippen molar-refractivity contribution in [3.63, 3.8) is 0 Å². The fraction of sp³-hybridized carbons (Fsp3) is 0.348. The molecular weight excluding hydrogens is 482 g/mol. The van der Waals surface area contributed by atoms with Crippen LogP contribution in [-0.2, 0) is 35.1 Å². The maximum atomic E-state index is 11.9. The molecule has 1 heterocycles. The van der Waals surface area contributed by atoms with Crippen molar-refractivity contribution in [1.29, 1.82) is 0 Å². The third-order valence-electron chi connectivity index (χ3n) is 4.96. The number of esters is 2. The highest BCUT2D eigenvalue weighted by Gasteiger charge is 2.37. The summed E-state index contributed by atoms with van der Waals surface area (Å²) in [6.45, 7) is 0.913. The topological polar surface area (TPSA) is 170 Å². The Morgan fingerprint density at radius 3 is 2.42 bits per heavy atom. The van der Waals surface area contributed by atoms with Gasteiger partial charge in [-0.2, -0.15) is 0 Å². The van der Waals surface area contributed by atoms with Gasteiger partial charge in [0, 0.05) is 43.5 Å². The van der Waals surface area contributed by atoms with E-state index in [0.29, 0.717) is 0 Å². The van der Waals surface area contributed by atoms with Gasteiger partial charge in [0.15, 0.2) is 6.10 Å². The molecule has 36 heavy (non-hydrogen) atoms. The highest BCUT2D eigenvalue weighted by molar-refractivity contribution is 5.75. The lowest BCUT2D eigenvalue weighted by molar-refractivity contribution is -0.384. The largest absolute Gasteiger partial charge is 0.514 e. The summed E-state index contributed by atoms with van der Waals surface area (Å²) < 4.78 is 31.1. The fourth-order valence-electron chi connectivity index (χ4n) is 3.32. The SMILES string of the molecule is COC(=O)[C@@H]1C[C@H](OC(C)=O)C[C@H](Oc2ccc(COC(=O)Oc3ccc([N+](=O)[O-])cc3)c(O)c2)O1. The summed E-state index contributed by atoms with van der Waals surface area (Å²) >= 11 is 0. The molecule has 2 aromatic carbocycles. The maximum absolute atomic E-state index is 11.9. The number of nitro groups is 1. The summed E-state index contributed by atoms with van der Waals surface area (Å²) in [6.07, 6.45) is -3.42. The minimum absolute atomic E-state index is 0.0448. The molecule has 1 aliphatic rings. The minimum atomic E-state index is -1.08. The van der Waals surface area contributed by atoms with Gasteiger partial charge in [0.05, 0.1) is 12.0 Å². The van der Waals surface area contributed by atoms with Crippen LogP contribution in [0, 0.1) is 10.1 Å². The molecule has 0 amide bonds. The van der Waals surface area contributed by atoms with Gasteiger partial charge in [0.1, 0.15) is 30.0 Å². The van der Waals surface area contributed by atoms with Crippen LogP contribution in [0.1, 0.15) is 25.3 Å². The molecule has 13 heteroatoms. The first kappa shape index (κ1) is 26.2. The quantitative estimate of drug-likeness (QED) is 0.183. The molecule has 0 aliphatic carbocycles. The molecule has 0 saturated carbocycles. The van der Waals surface area contributed by atoms with Crippen molar-refractivity contribution in [3.05, 3.63) is 58.1 Å². The van der Waals surface area contributed by atoms with E-state index in [-0.39, 0.29) is 47.9 Å². The van der Waals surface area contributed by atoms with Gasteiger partial charge in [-0.25, -0.2) is 9.59 Å². The van der Waals surface area contributed by atoms with Gasteiger partial charge >= 0.3 is 18.1 Å². The summed E-state index contributed by atoms with van der Waals surface area (Å²) in [5, 5.41) is 21.0. The van der Waals surface area contributed by atoms with E-state index in [4.69, 9.17) is 28.4 Å². The van der Waals surface area contributed by atoms with E-state index in [1.54, 1.807) is 0 Å². The molecule has 2 aromatic rings. The van der Waals surface area contributed by atoms with Crippen molar-refractivity contribution in [1.82, 2.24) is 0 Å². The number of aromatic hydroxyl groups is 1. The second-order valence-electron chi connectivity index (χ2n) is 7.58. The van der Waals surface area contributed by atoms with Crippen LogP contribution in [0.3, 0.4) is 0 Å². The van der Waals surface area contributed by atoms with Crippen LogP contribution in [0.2, 0.25) is 0 Å². The zero-order valence-corrected chi connectivity index (χ0v) is 19.3. The van der Waals surface area contributed by atoms with Crippen molar-refractivity contribution in [2.24, 2.45) is 0 Å². The van der Waals surface area contributed by atoms with E-state index < -0.39 is 41.5 Å². The number of rotatable bonds is 8. The summed E-state index contributed by atoms with van der Waals surface area (Å²) in [6, 6.07) is 9.00. The predicted molar refractivity (Wildman–Crippen MR) is 118 cm³/mol. The van der Waals surface area contributed by atoms with Gasteiger partial charge in [0.2, 0.25) is 6.29 Å². The van der Waals surface area contributed by atoms with E-state index in [0.717, 1.165) is 0 Å². The van der Waals surface area contributed by atoms with Crippen LogP contribution in [0.25, 0.3) is 0 Å². The summed E-state index contributed by atoms with van der Waals surface area (Å²) in [4.78, 5) is 45.2. The van der Waals surface area contributed by atoms with Crippen molar-refractivity contribution in [2.75, 3.05) is 7.11 Å². The standard InChI is InChI=1S/C23H23NO12/c1-13(25)33-18-10-20(22(27)31-2)36-21(11-18)34-17-6-3-14(19(26)9-17)12-32-23(28)35-16-7-4-15(5-8-16)24(29)30/h3-9,18,20-21,26H,10-12H2,1-2H3/t18-,20-,21+/m0/s1.